The van der Waals surface area contributed by atoms with Gasteiger partial charge in [0, 0.05) is 31.0 Å². The number of rotatable bonds is 2. The monoisotopic (exact) mass is 310 g/mol. The van der Waals surface area contributed by atoms with E-state index >= 15 is 0 Å². The van der Waals surface area contributed by atoms with E-state index in [0.717, 1.165) is 19.3 Å². The Labute approximate surface area is 106 Å². The van der Waals surface area contributed by atoms with Crippen LogP contribution in [0.25, 0.3) is 0 Å². The van der Waals surface area contributed by atoms with Gasteiger partial charge >= 0.3 is 0 Å². The summed E-state index contributed by atoms with van der Waals surface area (Å²) in [5.41, 5.74) is 0. The van der Waals surface area contributed by atoms with Crippen LogP contribution < -0.4 is 0 Å². The minimum atomic E-state index is -3.18. The number of hydrogen-bond donors (Lipinski definition) is 0. The Bertz CT molecular complexity index is 341. The molecule has 2 unspecified atom stereocenters. The van der Waals surface area contributed by atoms with Gasteiger partial charge in [0.1, 0.15) is 0 Å². The van der Waals surface area contributed by atoms with Crippen LogP contribution in [-0.2, 0) is 10.2 Å². The van der Waals surface area contributed by atoms with Crippen molar-refractivity contribution in [1.29, 1.82) is 0 Å². The van der Waals surface area contributed by atoms with Gasteiger partial charge in [-0.1, -0.05) is 22.9 Å². The zero-order chi connectivity index (χ0) is 11.8. The summed E-state index contributed by atoms with van der Waals surface area (Å²) in [7, 11) is -3.18. The van der Waals surface area contributed by atoms with Crippen molar-refractivity contribution in [1.82, 2.24) is 8.61 Å². The van der Waals surface area contributed by atoms with Crippen molar-refractivity contribution in [3.05, 3.63) is 0 Å². The average Bonchev–Trinajstić information content (AvgIpc) is 2.75. The highest BCUT2D eigenvalue weighted by atomic mass is 79.9. The van der Waals surface area contributed by atoms with Crippen LogP contribution in [0.3, 0.4) is 0 Å². The Balaban J connectivity index is 2.06. The molecule has 94 valence electrons. The Hall–Kier alpha value is 0.350. The van der Waals surface area contributed by atoms with Crippen LogP contribution in [0.1, 0.15) is 26.2 Å². The van der Waals surface area contributed by atoms with E-state index < -0.39 is 10.2 Å². The van der Waals surface area contributed by atoms with Gasteiger partial charge in [-0.25, -0.2) is 0 Å². The predicted molar refractivity (Wildman–Crippen MR) is 67.8 cm³/mol. The lowest BCUT2D eigenvalue weighted by atomic mass is 10.0. The third kappa shape index (κ3) is 2.44. The van der Waals surface area contributed by atoms with Gasteiger partial charge in [-0.2, -0.15) is 17.0 Å². The van der Waals surface area contributed by atoms with E-state index in [4.69, 9.17) is 0 Å². The van der Waals surface area contributed by atoms with E-state index in [-0.39, 0.29) is 0 Å². The Kier molecular flexibility index (Phi) is 3.93. The molecule has 0 radical (unpaired) electrons. The molecule has 6 heteroatoms. The molecular weight excluding hydrogens is 292 g/mol. The number of halogens is 1. The molecule has 0 amide bonds. The van der Waals surface area contributed by atoms with E-state index in [9.17, 15) is 8.42 Å². The maximum atomic E-state index is 12.3. The highest BCUT2D eigenvalue weighted by Crippen LogP contribution is 2.27. The predicted octanol–water partition coefficient (Wildman–Crippen LogP) is 1.43. The van der Waals surface area contributed by atoms with Gasteiger partial charge in [-0.05, 0) is 25.2 Å². The second-order valence-electron chi connectivity index (χ2n) is 4.75. The molecule has 0 aromatic carbocycles. The third-order valence-corrected chi connectivity index (χ3v) is 6.74. The fourth-order valence-electron chi connectivity index (χ4n) is 2.29. The fourth-order valence-corrected chi connectivity index (χ4v) is 4.82. The Morgan fingerprint density at radius 1 is 1.12 bits per heavy atom. The summed E-state index contributed by atoms with van der Waals surface area (Å²) in [5.74, 6) is 0.560. The van der Waals surface area contributed by atoms with Crippen molar-refractivity contribution in [2.24, 2.45) is 5.92 Å². The number of piperidine rings is 1. The highest BCUT2D eigenvalue weighted by Gasteiger charge is 2.36. The normalized spacial score (nSPS) is 34.4. The maximum Gasteiger partial charge on any atom is 0.282 e. The first-order chi connectivity index (χ1) is 7.51. The van der Waals surface area contributed by atoms with Crippen molar-refractivity contribution in [2.75, 3.05) is 26.2 Å². The van der Waals surface area contributed by atoms with Crippen molar-refractivity contribution >= 4 is 26.1 Å². The molecule has 2 aliphatic heterocycles. The molecule has 0 bridgehead atoms. The first-order valence-electron chi connectivity index (χ1n) is 5.91. The Morgan fingerprint density at radius 2 is 1.75 bits per heavy atom. The van der Waals surface area contributed by atoms with Crippen molar-refractivity contribution in [3.63, 3.8) is 0 Å². The van der Waals surface area contributed by atoms with Crippen LogP contribution in [0, 0.1) is 5.92 Å². The largest absolute Gasteiger partial charge is 0.282 e. The van der Waals surface area contributed by atoms with Gasteiger partial charge in [0.2, 0.25) is 0 Å². The average molecular weight is 311 g/mol. The van der Waals surface area contributed by atoms with Gasteiger partial charge in [0.05, 0.1) is 0 Å². The summed E-state index contributed by atoms with van der Waals surface area (Å²) in [6.07, 6.45) is 2.95. The number of nitrogens with zero attached hydrogens (tertiary/aromatic N) is 2. The lowest BCUT2D eigenvalue weighted by molar-refractivity contribution is 0.280. The zero-order valence-electron chi connectivity index (χ0n) is 9.60. The Morgan fingerprint density at radius 3 is 2.31 bits per heavy atom. The number of hydrogen-bond acceptors (Lipinski definition) is 2. The molecule has 4 nitrogen and oxygen atoms in total. The molecule has 0 N–H and O–H groups in total. The molecule has 2 fully saturated rings. The summed E-state index contributed by atoms with van der Waals surface area (Å²) < 4.78 is 27.8. The third-order valence-electron chi connectivity index (χ3n) is 3.55. The molecule has 0 aliphatic carbocycles. The van der Waals surface area contributed by atoms with Gasteiger partial charge in [0.25, 0.3) is 10.2 Å². The molecule has 2 rings (SSSR count). The van der Waals surface area contributed by atoms with E-state index in [2.05, 4.69) is 22.9 Å². The molecule has 0 aromatic rings. The second kappa shape index (κ2) is 4.92. The van der Waals surface area contributed by atoms with Crippen LogP contribution in [-0.4, -0.2) is 48.0 Å². The van der Waals surface area contributed by atoms with E-state index in [1.54, 1.807) is 8.61 Å². The minimum absolute atomic E-state index is 0.290. The topological polar surface area (TPSA) is 40.6 Å². The standard InChI is InChI=1S/C10H19BrN2O2S/c1-9-4-7-13(8-10(9)11)16(14,15)12-5-2-3-6-12/h9-10H,2-8H2,1H3. The van der Waals surface area contributed by atoms with Gasteiger partial charge in [-0.15, -0.1) is 0 Å². The van der Waals surface area contributed by atoms with Crippen LogP contribution in [0.4, 0.5) is 0 Å². The maximum absolute atomic E-state index is 12.3. The van der Waals surface area contributed by atoms with Gasteiger partial charge in [0.15, 0.2) is 0 Å². The highest BCUT2D eigenvalue weighted by molar-refractivity contribution is 9.09. The first-order valence-corrected chi connectivity index (χ1v) is 8.22. The minimum Gasteiger partial charge on any atom is -0.195 e. The van der Waals surface area contributed by atoms with E-state index in [1.807, 2.05) is 0 Å². The quantitative estimate of drug-likeness (QED) is 0.724. The summed E-state index contributed by atoms with van der Waals surface area (Å²) in [5, 5.41) is 0. The van der Waals surface area contributed by atoms with Gasteiger partial charge in [-0.3, -0.25) is 0 Å². The molecular formula is C10H19BrN2O2S. The molecule has 0 spiro atoms. The fraction of sp³-hybridized carbons (Fsp3) is 1.00. The zero-order valence-corrected chi connectivity index (χ0v) is 12.0. The number of alkyl halides is 1. The second-order valence-corrected chi connectivity index (χ2v) is 7.86. The molecule has 2 heterocycles. The first kappa shape index (κ1) is 12.8. The van der Waals surface area contributed by atoms with Crippen LogP contribution in [0.2, 0.25) is 0 Å². The van der Waals surface area contributed by atoms with Crippen molar-refractivity contribution < 1.29 is 8.42 Å². The smallest absolute Gasteiger partial charge is 0.195 e. The van der Waals surface area contributed by atoms with Crippen LogP contribution in [0.5, 0.6) is 0 Å². The summed E-state index contributed by atoms with van der Waals surface area (Å²) >= 11 is 3.57. The lowest BCUT2D eigenvalue weighted by Crippen LogP contribution is -2.49. The van der Waals surface area contributed by atoms with Crippen molar-refractivity contribution in [3.8, 4) is 0 Å². The molecule has 0 saturated carbocycles. The molecule has 0 aromatic heterocycles. The molecule has 16 heavy (non-hydrogen) atoms. The van der Waals surface area contributed by atoms with E-state index in [1.165, 1.54) is 0 Å². The van der Waals surface area contributed by atoms with Crippen LogP contribution in [0.15, 0.2) is 0 Å². The molecule has 2 atom stereocenters. The SMILES string of the molecule is CC1CCN(S(=O)(=O)N2CCCC2)CC1Br. The van der Waals surface area contributed by atoms with Crippen LogP contribution >= 0.6 is 15.9 Å². The van der Waals surface area contributed by atoms with Crippen molar-refractivity contribution in [2.45, 2.75) is 31.0 Å². The summed E-state index contributed by atoms with van der Waals surface area (Å²) in [6, 6.07) is 0. The van der Waals surface area contributed by atoms with E-state index in [0.29, 0.717) is 36.9 Å². The summed E-state index contributed by atoms with van der Waals surface area (Å²) in [4.78, 5) is 0.290. The van der Waals surface area contributed by atoms with Gasteiger partial charge < -0.3 is 0 Å². The molecule has 2 saturated heterocycles. The summed E-state index contributed by atoms with van der Waals surface area (Å²) in [6.45, 7) is 4.84. The molecule has 2 aliphatic rings. The lowest BCUT2D eigenvalue weighted by Gasteiger charge is -2.35.